The molecule has 4 N–H and O–H groups in total. The maximum absolute atomic E-state index is 8.88. The highest BCUT2D eigenvalue weighted by molar-refractivity contribution is 7.45. The van der Waals surface area contributed by atoms with Crippen molar-refractivity contribution in [1.29, 1.82) is 0 Å². The van der Waals surface area contributed by atoms with Crippen molar-refractivity contribution < 1.29 is 19.2 Å². The Labute approximate surface area is 79.1 Å². The van der Waals surface area contributed by atoms with Gasteiger partial charge in [-0.25, -0.2) is 9.55 Å². The van der Waals surface area contributed by atoms with E-state index >= 15 is 0 Å². The average molecular weight is 217 g/mol. The lowest BCUT2D eigenvalue weighted by atomic mass is 10.3. The molecule has 2 aliphatic rings. The summed E-state index contributed by atoms with van der Waals surface area (Å²) in [5.74, 6) is 0. The van der Waals surface area contributed by atoms with Gasteiger partial charge in [0.1, 0.15) is 5.69 Å². The van der Waals surface area contributed by atoms with Gasteiger partial charge in [-0.1, -0.05) is 0 Å². The van der Waals surface area contributed by atoms with E-state index in [0.29, 0.717) is 0 Å². The molecule has 2 heterocycles. The minimum atomic E-state index is -4.64. The number of aromatic nitrogens is 3. The van der Waals surface area contributed by atoms with Gasteiger partial charge in [-0.3, -0.25) is 4.98 Å². The van der Waals surface area contributed by atoms with Gasteiger partial charge in [-0.2, -0.15) is 0 Å². The van der Waals surface area contributed by atoms with Crippen molar-refractivity contribution in [3.8, 4) is 11.4 Å². The molecule has 7 nitrogen and oxygen atoms in total. The Kier molecular flexibility index (Phi) is 3.32. The molecule has 0 fully saturated rings. The van der Waals surface area contributed by atoms with Gasteiger partial charge in [0.15, 0.2) is 0 Å². The number of fused-ring (bicyclic) bond motifs is 1. The second-order valence-corrected chi connectivity index (χ2v) is 3.34. The van der Waals surface area contributed by atoms with Crippen LogP contribution in [0.3, 0.4) is 0 Å². The number of aromatic amines is 1. The van der Waals surface area contributed by atoms with Crippen LogP contribution in [-0.4, -0.2) is 29.6 Å². The lowest BCUT2D eigenvalue weighted by Crippen LogP contribution is -1.81. The van der Waals surface area contributed by atoms with Gasteiger partial charge in [0.05, 0.1) is 18.2 Å². The van der Waals surface area contributed by atoms with E-state index in [1.54, 1.807) is 18.7 Å². The van der Waals surface area contributed by atoms with E-state index in [2.05, 4.69) is 15.0 Å². The molecular formula is C6H8N3O4P. The fourth-order valence-corrected chi connectivity index (χ4v) is 0.787. The molecule has 0 spiro atoms. The molecule has 2 rings (SSSR count). The van der Waals surface area contributed by atoms with Crippen molar-refractivity contribution in [2.45, 2.75) is 0 Å². The normalized spacial score (nSPS) is 10.8. The molecule has 2 aliphatic heterocycles. The van der Waals surface area contributed by atoms with Crippen LogP contribution in [0.4, 0.5) is 0 Å². The highest BCUT2D eigenvalue weighted by Gasteiger charge is 2.00. The third-order valence-corrected chi connectivity index (χ3v) is 1.22. The second kappa shape index (κ2) is 4.30. The van der Waals surface area contributed by atoms with Crippen LogP contribution >= 0.6 is 7.82 Å². The molecule has 8 heteroatoms. The summed E-state index contributed by atoms with van der Waals surface area (Å²) in [6, 6.07) is 1.91. The van der Waals surface area contributed by atoms with Crippen molar-refractivity contribution in [2.75, 3.05) is 0 Å². The molecule has 0 aromatic carbocycles. The molecule has 0 atom stereocenters. The fraction of sp³-hybridized carbons (Fsp3) is 0. The Morgan fingerprint density at radius 1 is 1.36 bits per heavy atom. The second-order valence-electron chi connectivity index (χ2n) is 2.31. The summed E-state index contributed by atoms with van der Waals surface area (Å²) >= 11 is 0. The zero-order valence-electron chi connectivity index (χ0n) is 6.90. The lowest BCUT2D eigenvalue weighted by molar-refractivity contribution is 0.275. The monoisotopic (exact) mass is 217 g/mol. The average Bonchev–Trinajstić information content (AvgIpc) is 2.47. The number of phosphoric acid groups is 1. The molecule has 0 radical (unpaired) electrons. The molecule has 0 saturated heterocycles. The van der Waals surface area contributed by atoms with Gasteiger partial charge in [0.2, 0.25) is 0 Å². The van der Waals surface area contributed by atoms with E-state index in [-0.39, 0.29) is 0 Å². The first-order chi connectivity index (χ1) is 6.47. The predicted octanol–water partition coefficient (Wildman–Crippen LogP) is -0.0191. The minimum Gasteiger partial charge on any atom is -0.345 e. The fourth-order valence-electron chi connectivity index (χ4n) is 0.787. The van der Waals surface area contributed by atoms with E-state index < -0.39 is 7.82 Å². The third kappa shape index (κ3) is 4.11. The largest absolute Gasteiger partial charge is 0.466 e. The summed E-state index contributed by atoms with van der Waals surface area (Å²) in [5.41, 5.74) is 1.95. The highest BCUT2D eigenvalue weighted by atomic mass is 31.2. The van der Waals surface area contributed by atoms with Crippen molar-refractivity contribution >= 4 is 7.82 Å². The van der Waals surface area contributed by atoms with Crippen LogP contribution < -0.4 is 0 Å². The van der Waals surface area contributed by atoms with Crippen LogP contribution in [0.25, 0.3) is 11.4 Å². The first kappa shape index (κ1) is 10.8. The zero-order chi connectivity index (χ0) is 10.6. The smallest absolute Gasteiger partial charge is 0.345 e. The molecule has 0 unspecified atom stereocenters. The Balaban J connectivity index is 0.000000171. The Morgan fingerprint density at radius 3 is 2.57 bits per heavy atom. The molecule has 0 amide bonds. The SMILES string of the molecule is O=P(O)(O)O.c1cc2[nH]cncc-2n1. The number of rotatable bonds is 0. The lowest BCUT2D eigenvalue weighted by Gasteiger charge is -1.91. The first-order valence-corrected chi connectivity index (χ1v) is 5.05. The summed E-state index contributed by atoms with van der Waals surface area (Å²) in [6.45, 7) is 0. The van der Waals surface area contributed by atoms with Crippen LogP contribution in [0.15, 0.2) is 24.8 Å². The zero-order valence-corrected chi connectivity index (χ0v) is 7.80. The van der Waals surface area contributed by atoms with Crippen LogP contribution in [-0.2, 0) is 4.57 Å². The molecule has 0 saturated carbocycles. The third-order valence-electron chi connectivity index (χ3n) is 1.22. The molecule has 14 heavy (non-hydrogen) atoms. The Morgan fingerprint density at radius 2 is 2.00 bits per heavy atom. The van der Waals surface area contributed by atoms with Crippen LogP contribution in [0, 0.1) is 0 Å². The van der Waals surface area contributed by atoms with E-state index in [1.165, 1.54) is 0 Å². The van der Waals surface area contributed by atoms with Crippen LogP contribution in [0.2, 0.25) is 0 Å². The van der Waals surface area contributed by atoms with Gasteiger partial charge in [-0.05, 0) is 6.07 Å². The molecule has 0 bridgehead atoms. The summed E-state index contributed by atoms with van der Waals surface area (Å²) in [5, 5.41) is 0. The molecule has 0 aromatic heterocycles. The van der Waals surface area contributed by atoms with Crippen molar-refractivity contribution in [3.63, 3.8) is 0 Å². The Hall–Kier alpha value is -1.27. The quantitative estimate of drug-likeness (QED) is 0.460. The van der Waals surface area contributed by atoms with E-state index in [4.69, 9.17) is 19.2 Å². The topological polar surface area (TPSA) is 119 Å². The van der Waals surface area contributed by atoms with Crippen LogP contribution in [0.5, 0.6) is 0 Å². The summed E-state index contributed by atoms with van der Waals surface area (Å²) in [4.78, 5) is 32.4. The number of hydrogen-bond acceptors (Lipinski definition) is 3. The number of hydrogen-bond donors (Lipinski definition) is 4. The standard InChI is InChI=1S/C6H5N3.H3O4P/c1-2-8-6-3-7-4-9-5(1)6;1-5(2,3)4/h1-4H,(H,7,9);(H3,1,2,3,4). The van der Waals surface area contributed by atoms with E-state index in [1.807, 2.05) is 6.07 Å². The van der Waals surface area contributed by atoms with Crippen molar-refractivity contribution in [1.82, 2.24) is 15.0 Å². The van der Waals surface area contributed by atoms with E-state index in [9.17, 15) is 0 Å². The summed E-state index contributed by atoms with van der Waals surface area (Å²) in [7, 11) is -4.64. The minimum absolute atomic E-state index is 0.914. The van der Waals surface area contributed by atoms with Gasteiger partial charge in [0, 0.05) is 6.20 Å². The van der Waals surface area contributed by atoms with Crippen molar-refractivity contribution in [2.24, 2.45) is 0 Å². The van der Waals surface area contributed by atoms with Gasteiger partial charge < -0.3 is 19.7 Å². The molecular weight excluding hydrogens is 209 g/mol. The summed E-state index contributed by atoms with van der Waals surface area (Å²) in [6.07, 6.45) is 5.12. The predicted molar refractivity (Wildman–Crippen MR) is 47.3 cm³/mol. The molecule has 0 aliphatic carbocycles. The molecule has 0 aromatic rings. The number of nitrogens with one attached hydrogen (secondary N) is 1. The first-order valence-electron chi connectivity index (χ1n) is 3.48. The number of H-pyrrole nitrogens is 1. The van der Waals surface area contributed by atoms with Gasteiger partial charge in [0.25, 0.3) is 0 Å². The molecule has 76 valence electrons. The van der Waals surface area contributed by atoms with Crippen molar-refractivity contribution in [3.05, 3.63) is 24.8 Å². The van der Waals surface area contributed by atoms with Gasteiger partial charge >= 0.3 is 7.82 Å². The number of nitrogens with zero attached hydrogens (tertiary/aromatic N) is 2. The maximum Gasteiger partial charge on any atom is 0.466 e. The highest BCUT2D eigenvalue weighted by Crippen LogP contribution is 2.25. The van der Waals surface area contributed by atoms with Crippen LogP contribution in [0.1, 0.15) is 0 Å². The van der Waals surface area contributed by atoms with E-state index in [0.717, 1.165) is 11.4 Å². The van der Waals surface area contributed by atoms with Gasteiger partial charge in [-0.15, -0.1) is 0 Å². The summed E-state index contributed by atoms with van der Waals surface area (Å²) < 4.78 is 8.88. The maximum atomic E-state index is 8.88. The Bertz CT molecular complexity index is 376.